The summed E-state index contributed by atoms with van der Waals surface area (Å²) >= 11 is 1.77. The molecule has 2 atom stereocenters. The molecule has 2 N–H and O–H groups in total. The maximum absolute atomic E-state index is 12.2. The van der Waals surface area contributed by atoms with Crippen LogP contribution in [0.5, 0.6) is 0 Å². The van der Waals surface area contributed by atoms with Gasteiger partial charge >= 0.3 is 0 Å². The maximum Gasteiger partial charge on any atom is 0.271 e. The van der Waals surface area contributed by atoms with Gasteiger partial charge in [-0.05, 0) is 49.2 Å². The second-order valence-electron chi connectivity index (χ2n) is 6.28. The van der Waals surface area contributed by atoms with Crippen molar-refractivity contribution in [3.63, 3.8) is 0 Å². The second kappa shape index (κ2) is 7.75. The van der Waals surface area contributed by atoms with Crippen molar-refractivity contribution in [2.45, 2.75) is 32.2 Å². The Bertz CT molecular complexity index is 616. The van der Waals surface area contributed by atoms with Gasteiger partial charge in [0.15, 0.2) is 0 Å². The van der Waals surface area contributed by atoms with Crippen LogP contribution in [0.4, 0.5) is 0 Å². The number of carbonyl (C=O) groups excluding carboxylic acids is 1. The number of aromatic nitrogens is 2. The third kappa shape index (κ3) is 4.42. The van der Waals surface area contributed by atoms with Crippen LogP contribution in [0.2, 0.25) is 0 Å². The van der Waals surface area contributed by atoms with Gasteiger partial charge in [0.2, 0.25) is 0 Å². The van der Waals surface area contributed by atoms with Gasteiger partial charge < -0.3 is 10.6 Å². The van der Waals surface area contributed by atoms with Gasteiger partial charge in [0.25, 0.3) is 5.91 Å². The fourth-order valence-corrected chi connectivity index (χ4v) is 3.79. The Morgan fingerprint density at radius 1 is 1.57 bits per heavy atom. The van der Waals surface area contributed by atoms with Gasteiger partial charge in [-0.15, -0.1) is 11.3 Å². The molecule has 2 unspecified atom stereocenters. The molecule has 23 heavy (non-hydrogen) atoms. The van der Waals surface area contributed by atoms with E-state index in [9.17, 15) is 4.79 Å². The van der Waals surface area contributed by atoms with E-state index in [1.807, 2.05) is 16.9 Å². The Balaban J connectivity index is 1.49. The number of nitrogens with one attached hydrogen (secondary N) is 2. The predicted octanol–water partition coefficient (Wildman–Crippen LogP) is 2.48. The third-order valence-corrected chi connectivity index (χ3v) is 5.13. The van der Waals surface area contributed by atoms with Crippen LogP contribution in [0.15, 0.2) is 29.8 Å². The SMILES string of the molecule is CC(CNC(=O)c1ccn(C2CCCNC2)n1)Cc1cccs1. The first-order valence-corrected chi connectivity index (χ1v) is 9.17. The van der Waals surface area contributed by atoms with Crippen molar-refractivity contribution in [3.05, 3.63) is 40.3 Å². The number of piperidine rings is 1. The minimum absolute atomic E-state index is 0.0782. The zero-order chi connectivity index (χ0) is 16.1. The average molecular weight is 332 g/mol. The zero-order valence-electron chi connectivity index (χ0n) is 13.5. The number of hydrogen-bond acceptors (Lipinski definition) is 4. The summed E-state index contributed by atoms with van der Waals surface area (Å²) in [5.74, 6) is 0.341. The summed E-state index contributed by atoms with van der Waals surface area (Å²) in [6.45, 7) is 4.84. The molecule has 0 aromatic carbocycles. The maximum atomic E-state index is 12.2. The summed E-state index contributed by atoms with van der Waals surface area (Å²) in [5, 5.41) is 12.9. The van der Waals surface area contributed by atoms with Crippen molar-refractivity contribution in [2.24, 2.45) is 5.92 Å². The van der Waals surface area contributed by atoms with E-state index in [-0.39, 0.29) is 5.91 Å². The monoisotopic (exact) mass is 332 g/mol. The average Bonchev–Trinajstić information content (AvgIpc) is 3.25. The quantitative estimate of drug-likeness (QED) is 0.854. The van der Waals surface area contributed by atoms with Crippen molar-refractivity contribution in [1.82, 2.24) is 20.4 Å². The lowest BCUT2D eigenvalue weighted by Crippen LogP contribution is -2.32. The summed E-state index contributed by atoms with van der Waals surface area (Å²) in [6, 6.07) is 6.39. The van der Waals surface area contributed by atoms with E-state index in [1.165, 1.54) is 4.88 Å². The molecule has 5 nitrogen and oxygen atoms in total. The molecule has 1 amide bonds. The smallest absolute Gasteiger partial charge is 0.271 e. The topological polar surface area (TPSA) is 59.0 Å². The molecule has 0 spiro atoms. The van der Waals surface area contributed by atoms with E-state index >= 15 is 0 Å². The number of thiophene rings is 1. The number of rotatable bonds is 6. The van der Waals surface area contributed by atoms with E-state index < -0.39 is 0 Å². The Morgan fingerprint density at radius 3 is 3.22 bits per heavy atom. The van der Waals surface area contributed by atoms with Crippen LogP contribution >= 0.6 is 11.3 Å². The predicted molar refractivity (Wildman–Crippen MR) is 92.9 cm³/mol. The number of hydrogen-bond donors (Lipinski definition) is 2. The lowest BCUT2D eigenvalue weighted by Gasteiger charge is -2.22. The van der Waals surface area contributed by atoms with Crippen LogP contribution in [0, 0.1) is 5.92 Å². The van der Waals surface area contributed by atoms with Gasteiger partial charge in [0.1, 0.15) is 5.69 Å². The standard InChI is InChI=1S/C17H24N4OS/c1-13(10-15-5-3-9-23-15)11-19-17(22)16-6-8-21(20-16)14-4-2-7-18-12-14/h3,5-6,8-9,13-14,18H,2,4,7,10-12H2,1H3,(H,19,22). The van der Waals surface area contributed by atoms with E-state index in [0.717, 1.165) is 32.4 Å². The minimum Gasteiger partial charge on any atom is -0.350 e. The van der Waals surface area contributed by atoms with Crippen molar-refractivity contribution in [2.75, 3.05) is 19.6 Å². The van der Waals surface area contributed by atoms with Crippen molar-refractivity contribution in [1.29, 1.82) is 0 Å². The van der Waals surface area contributed by atoms with Crippen LogP contribution in [-0.2, 0) is 6.42 Å². The molecule has 0 radical (unpaired) electrons. The van der Waals surface area contributed by atoms with Crippen molar-refractivity contribution in [3.8, 4) is 0 Å². The largest absolute Gasteiger partial charge is 0.350 e. The van der Waals surface area contributed by atoms with E-state index in [0.29, 0.717) is 24.2 Å². The normalized spacial score (nSPS) is 19.4. The molecule has 1 aliphatic heterocycles. The van der Waals surface area contributed by atoms with Gasteiger partial charge in [-0.25, -0.2) is 0 Å². The van der Waals surface area contributed by atoms with Crippen LogP contribution in [0.25, 0.3) is 0 Å². The Labute approximate surface area is 141 Å². The highest BCUT2D eigenvalue weighted by Crippen LogP contribution is 2.16. The summed E-state index contributed by atoms with van der Waals surface area (Å²) in [6.07, 6.45) is 5.20. The van der Waals surface area contributed by atoms with Gasteiger partial charge in [-0.1, -0.05) is 13.0 Å². The van der Waals surface area contributed by atoms with Crippen LogP contribution in [0.1, 0.15) is 41.2 Å². The fraction of sp³-hybridized carbons (Fsp3) is 0.529. The highest BCUT2D eigenvalue weighted by molar-refractivity contribution is 7.09. The molecule has 0 saturated carbocycles. The summed E-state index contributed by atoms with van der Waals surface area (Å²) in [7, 11) is 0. The lowest BCUT2D eigenvalue weighted by molar-refractivity contribution is 0.0941. The van der Waals surface area contributed by atoms with E-state index in [2.05, 4.69) is 40.2 Å². The molecule has 124 valence electrons. The number of amides is 1. The number of carbonyl (C=O) groups is 1. The van der Waals surface area contributed by atoms with Crippen LogP contribution in [0.3, 0.4) is 0 Å². The molecule has 1 saturated heterocycles. The first kappa shape index (κ1) is 16.2. The number of nitrogens with zero attached hydrogens (tertiary/aromatic N) is 2. The molecule has 1 aliphatic rings. The molecule has 1 fully saturated rings. The zero-order valence-corrected chi connectivity index (χ0v) is 14.3. The first-order chi connectivity index (χ1) is 11.2. The summed E-state index contributed by atoms with van der Waals surface area (Å²) in [5.41, 5.74) is 0.513. The van der Waals surface area contributed by atoms with Crippen molar-refractivity contribution >= 4 is 17.2 Å². The van der Waals surface area contributed by atoms with E-state index in [4.69, 9.17) is 0 Å². The molecule has 0 bridgehead atoms. The molecule has 2 aromatic rings. The Morgan fingerprint density at radius 2 is 2.48 bits per heavy atom. The molecule has 3 heterocycles. The van der Waals surface area contributed by atoms with Crippen LogP contribution < -0.4 is 10.6 Å². The molecular weight excluding hydrogens is 308 g/mol. The third-order valence-electron chi connectivity index (χ3n) is 4.23. The Hall–Kier alpha value is -1.66. The summed E-state index contributed by atoms with van der Waals surface area (Å²) in [4.78, 5) is 13.6. The highest BCUT2D eigenvalue weighted by Gasteiger charge is 2.18. The molecule has 0 aliphatic carbocycles. The minimum atomic E-state index is -0.0782. The van der Waals surface area contributed by atoms with Crippen LogP contribution in [-0.4, -0.2) is 35.3 Å². The van der Waals surface area contributed by atoms with Gasteiger partial charge in [0.05, 0.1) is 6.04 Å². The molecule has 2 aromatic heterocycles. The highest BCUT2D eigenvalue weighted by atomic mass is 32.1. The fourth-order valence-electron chi connectivity index (χ4n) is 2.92. The molecule has 3 rings (SSSR count). The van der Waals surface area contributed by atoms with Gasteiger partial charge in [-0.3, -0.25) is 9.48 Å². The summed E-state index contributed by atoms with van der Waals surface area (Å²) < 4.78 is 1.93. The second-order valence-corrected chi connectivity index (χ2v) is 7.31. The lowest BCUT2D eigenvalue weighted by atomic mass is 10.1. The molecule has 6 heteroatoms. The Kier molecular flexibility index (Phi) is 5.46. The van der Waals surface area contributed by atoms with E-state index in [1.54, 1.807) is 11.3 Å². The first-order valence-electron chi connectivity index (χ1n) is 8.29. The van der Waals surface area contributed by atoms with Crippen molar-refractivity contribution < 1.29 is 4.79 Å². The van der Waals surface area contributed by atoms with Gasteiger partial charge in [-0.2, -0.15) is 5.10 Å². The van der Waals surface area contributed by atoms with Gasteiger partial charge in [0, 0.05) is 24.2 Å². The molecular formula is C17H24N4OS.